The first kappa shape index (κ1) is 9.47. The minimum Gasteiger partial charge on any atom is -0.381 e. The summed E-state index contributed by atoms with van der Waals surface area (Å²) in [5.41, 5.74) is 5.40. The molecule has 13 heavy (non-hydrogen) atoms. The van der Waals surface area contributed by atoms with Crippen molar-refractivity contribution in [2.24, 2.45) is 23.5 Å². The topological polar surface area (TPSA) is 35.2 Å². The molecule has 2 aliphatic carbocycles. The first-order valence-corrected chi connectivity index (χ1v) is 5.68. The third-order valence-electron chi connectivity index (χ3n) is 3.71. The van der Waals surface area contributed by atoms with Crippen LogP contribution in [0, 0.1) is 17.8 Å². The molecule has 0 heterocycles. The van der Waals surface area contributed by atoms with Gasteiger partial charge in [0, 0.05) is 13.2 Å². The Morgan fingerprint density at radius 2 is 2.15 bits per heavy atom. The Morgan fingerprint density at radius 1 is 1.23 bits per heavy atom. The van der Waals surface area contributed by atoms with E-state index in [-0.39, 0.29) is 0 Å². The molecular weight excluding hydrogens is 162 g/mol. The van der Waals surface area contributed by atoms with Gasteiger partial charge in [0.2, 0.25) is 0 Å². The van der Waals surface area contributed by atoms with Crippen LogP contribution < -0.4 is 5.73 Å². The molecule has 76 valence electrons. The van der Waals surface area contributed by atoms with Gasteiger partial charge in [0.25, 0.3) is 0 Å². The molecule has 2 fully saturated rings. The highest BCUT2D eigenvalue weighted by atomic mass is 16.5. The second-order valence-electron chi connectivity index (χ2n) is 4.65. The Morgan fingerprint density at radius 3 is 2.77 bits per heavy atom. The maximum atomic E-state index is 5.63. The van der Waals surface area contributed by atoms with Crippen LogP contribution in [0.4, 0.5) is 0 Å². The molecule has 0 aromatic rings. The van der Waals surface area contributed by atoms with E-state index in [1.165, 1.54) is 25.7 Å². The summed E-state index contributed by atoms with van der Waals surface area (Å²) in [7, 11) is 0. The van der Waals surface area contributed by atoms with E-state index < -0.39 is 0 Å². The van der Waals surface area contributed by atoms with Crippen LogP contribution in [0.15, 0.2) is 0 Å². The molecule has 2 heteroatoms. The number of fused-ring (bicyclic) bond motifs is 2. The molecule has 3 unspecified atom stereocenters. The van der Waals surface area contributed by atoms with Gasteiger partial charge >= 0.3 is 0 Å². The summed E-state index contributed by atoms with van der Waals surface area (Å²) in [5, 5.41) is 0. The van der Waals surface area contributed by atoms with Crippen LogP contribution in [0.2, 0.25) is 0 Å². The zero-order chi connectivity index (χ0) is 9.10. The summed E-state index contributed by atoms with van der Waals surface area (Å²) in [6, 6.07) is 0. The van der Waals surface area contributed by atoms with Crippen molar-refractivity contribution in [3.8, 4) is 0 Å². The Balaban J connectivity index is 1.60. The van der Waals surface area contributed by atoms with Crippen molar-refractivity contribution in [2.45, 2.75) is 32.1 Å². The summed E-state index contributed by atoms with van der Waals surface area (Å²) < 4.78 is 5.63. The van der Waals surface area contributed by atoms with Crippen LogP contribution >= 0.6 is 0 Å². The highest BCUT2D eigenvalue weighted by molar-refractivity contribution is 4.89. The molecule has 0 amide bonds. The average Bonchev–Trinajstić information content (AvgIpc) is 2.73. The molecule has 2 nitrogen and oxygen atoms in total. The molecule has 3 atom stereocenters. The van der Waals surface area contributed by atoms with E-state index in [4.69, 9.17) is 10.5 Å². The van der Waals surface area contributed by atoms with Crippen LogP contribution in [0.5, 0.6) is 0 Å². The van der Waals surface area contributed by atoms with E-state index in [1.807, 2.05) is 0 Å². The molecule has 0 saturated heterocycles. The molecule has 2 rings (SSSR count). The molecule has 0 aromatic carbocycles. The molecule has 2 aliphatic rings. The van der Waals surface area contributed by atoms with E-state index in [2.05, 4.69) is 0 Å². The predicted octanol–water partition coefficient (Wildman–Crippen LogP) is 1.79. The van der Waals surface area contributed by atoms with Gasteiger partial charge in [-0.15, -0.1) is 0 Å². The molecule has 2 saturated carbocycles. The zero-order valence-electron chi connectivity index (χ0n) is 8.37. The van der Waals surface area contributed by atoms with Gasteiger partial charge < -0.3 is 10.5 Å². The minimum absolute atomic E-state index is 0.761. The first-order chi connectivity index (χ1) is 6.40. The summed E-state index contributed by atoms with van der Waals surface area (Å²) in [6.07, 6.45) is 6.90. The van der Waals surface area contributed by atoms with Gasteiger partial charge in [0.05, 0.1) is 0 Å². The summed E-state index contributed by atoms with van der Waals surface area (Å²) in [4.78, 5) is 0. The summed E-state index contributed by atoms with van der Waals surface area (Å²) in [6.45, 7) is 2.63. The highest BCUT2D eigenvalue weighted by Crippen LogP contribution is 2.48. The fourth-order valence-electron chi connectivity index (χ4n) is 3.00. The van der Waals surface area contributed by atoms with Gasteiger partial charge in [0.1, 0.15) is 0 Å². The fraction of sp³-hybridized carbons (Fsp3) is 1.00. The predicted molar refractivity (Wildman–Crippen MR) is 53.4 cm³/mol. The Hall–Kier alpha value is -0.0800. The van der Waals surface area contributed by atoms with E-state index >= 15 is 0 Å². The smallest absolute Gasteiger partial charge is 0.0497 e. The normalized spacial score (nSPS) is 37.2. The number of hydrogen-bond donors (Lipinski definition) is 1. The van der Waals surface area contributed by atoms with Crippen LogP contribution in [-0.2, 0) is 4.74 Å². The summed E-state index contributed by atoms with van der Waals surface area (Å²) >= 11 is 0. The minimum atomic E-state index is 0.761. The van der Waals surface area contributed by atoms with Crippen molar-refractivity contribution in [1.82, 2.24) is 0 Å². The van der Waals surface area contributed by atoms with Crippen LogP contribution in [-0.4, -0.2) is 19.8 Å². The van der Waals surface area contributed by atoms with Crippen molar-refractivity contribution in [1.29, 1.82) is 0 Å². The van der Waals surface area contributed by atoms with E-state index in [1.54, 1.807) is 0 Å². The number of ether oxygens (including phenoxy) is 1. The van der Waals surface area contributed by atoms with Gasteiger partial charge in [-0.1, -0.05) is 6.42 Å². The first-order valence-electron chi connectivity index (χ1n) is 5.68. The largest absolute Gasteiger partial charge is 0.381 e. The standard InChI is InChI=1S/C11H21NO/c12-4-1-5-13-8-11-7-9-2-3-10(11)6-9/h9-11H,1-8,12H2. The molecular formula is C11H21NO. The van der Waals surface area contributed by atoms with Gasteiger partial charge in [-0.05, 0) is 50.0 Å². The van der Waals surface area contributed by atoms with Crippen molar-refractivity contribution in [3.05, 3.63) is 0 Å². The maximum absolute atomic E-state index is 5.63. The zero-order valence-corrected chi connectivity index (χ0v) is 8.37. The van der Waals surface area contributed by atoms with E-state index in [0.29, 0.717) is 0 Å². The van der Waals surface area contributed by atoms with E-state index in [9.17, 15) is 0 Å². The Bertz CT molecular complexity index is 160. The Kier molecular flexibility index (Phi) is 3.23. The Labute approximate surface area is 80.8 Å². The van der Waals surface area contributed by atoms with Gasteiger partial charge in [0.15, 0.2) is 0 Å². The quantitative estimate of drug-likeness (QED) is 0.659. The third kappa shape index (κ3) is 2.23. The lowest BCUT2D eigenvalue weighted by atomic mass is 9.90. The number of hydrogen-bond acceptors (Lipinski definition) is 2. The molecule has 2 N–H and O–H groups in total. The van der Waals surface area contributed by atoms with E-state index in [0.717, 1.165) is 43.9 Å². The second kappa shape index (κ2) is 4.43. The maximum Gasteiger partial charge on any atom is 0.0497 e. The SMILES string of the molecule is NCCCOCC1CC2CCC1C2. The lowest BCUT2D eigenvalue weighted by molar-refractivity contribution is 0.0780. The van der Waals surface area contributed by atoms with Gasteiger partial charge in [-0.2, -0.15) is 0 Å². The van der Waals surface area contributed by atoms with Gasteiger partial charge in [-0.25, -0.2) is 0 Å². The second-order valence-corrected chi connectivity index (χ2v) is 4.65. The molecule has 0 aliphatic heterocycles. The van der Waals surface area contributed by atoms with Crippen LogP contribution in [0.3, 0.4) is 0 Å². The van der Waals surface area contributed by atoms with Gasteiger partial charge in [-0.3, -0.25) is 0 Å². The van der Waals surface area contributed by atoms with Crippen LogP contribution in [0.1, 0.15) is 32.1 Å². The number of rotatable bonds is 5. The molecule has 0 aromatic heterocycles. The van der Waals surface area contributed by atoms with Crippen molar-refractivity contribution >= 4 is 0 Å². The average molecular weight is 183 g/mol. The fourth-order valence-corrected chi connectivity index (χ4v) is 3.00. The third-order valence-corrected chi connectivity index (χ3v) is 3.71. The van der Waals surface area contributed by atoms with Crippen LogP contribution in [0.25, 0.3) is 0 Å². The van der Waals surface area contributed by atoms with Crippen molar-refractivity contribution < 1.29 is 4.74 Å². The summed E-state index contributed by atoms with van der Waals surface area (Å²) in [5.74, 6) is 2.94. The molecule has 0 radical (unpaired) electrons. The molecule has 2 bridgehead atoms. The number of nitrogens with two attached hydrogens (primary N) is 1. The lowest BCUT2D eigenvalue weighted by Crippen LogP contribution is -2.17. The molecule has 0 spiro atoms. The lowest BCUT2D eigenvalue weighted by Gasteiger charge is -2.21. The monoisotopic (exact) mass is 183 g/mol. The highest BCUT2D eigenvalue weighted by Gasteiger charge is 2.39. The van der Waals surface area contributed by atoms with Crippen molar-refractivity contribution in [3.63, 3.8) is 0 Å². The van der Waals surface area contributed by atoms with Crippen molar-refractivity contribution in [2.75, 3.05) is 19.8 Å².